The molecule has 118 valence electrons. The van der Waals surface area contributed by atoms with Gasteiger partial charge in [0.05, 0.1) is 5.92 Å². The number of carbonyl (C=O) groups excluding carboxylic acids is 2. The Kier molecular flexibility index (Phi) is 4.49. The van der Waals surface area contributed by atoms with Gasteiger partial charge in [-0.1, -0.05) is 30.3 Å². The maximum atomic E-state index is 12.7. The first kappa shape index (κ1) is 16.0. The van der Waals surface area contributed by atoms with Crippen LogP contribution in [0.2, 0.25) is 0 Å². The van der Waals surface area contributed by atoms with Gasteiger partial charge in [-0.2, -0.15) is 0 Å². The molecule has 1 unspecified atom stereocenters. The van der Waals surface area contributed by atoms with Crippen molar-refractivity contribution in [3.05, 3.63) is 35.9 Å². The van der Waals surface area contributed by atoms with Crippen molar-refractivity contribution < 1.29 is 19.5 Å². The molecule has 1 aromatic rings. The van der Waals surface area contributed by atoms with Crippen molar-refractivity contribution in [1.82, 2.24) is 9.80 Å². The second kappa shape index (κ2) is 6.17. The molecular formula is C16H20N2O4. The van der Waals surface area contributed by atoms with Crippen LogP contribution in [0.3, 0.4) is 0 Å². The van der Waals surface area contributed by atoms with Crippen LogP contribution in [-0.2, 0) is 20.9 Å². The van der Waals surface area contributed by atoms with Gasteiger partial charge in [0.15, 0.2) is 0 Å². The van der Waals surface area contributed by atoms with Crippen LogP contribution in [0.25, 0.3) is 0 Å². The number of carbonyl (C=O) groups is 3. The summed E-state index contributed by atoms with van der Waals surface area (Å²) < 4.78 is 0. The molecule has 0 aliphatic carbocycles. The Balaban J connectivity index is 2.30. The molecular weight excluding hydrogens is 284 g/mol. The van der Waals surface area contributed by atoms with Crippen molar-refractivity contribution in [3.63, 3.8) is 0 Å². The Bertz CT molecular complexity index is 587. The molecule has 1 heterocycles. The fourth-order valence-electron chi connectivity index (χ4n) is 2.77. The zero-order valence-corrected chi connectivity index (χ0v) is 12.9. The van der Waals surface area contributed by atoms with Crippen molar-refractivity contribution in [1.29, 1.82) is 0 Å². The average molecular weight is 304 g/mol. The second-order valence-electron chi connectivity index (χ2n) is 5.65. The molecule has 2 rings (SSSR count). The van der Waals surface area contributed by atoms with Crippen molar-refractivity contribution >= 4 is 17.8 Å². The number of likely N-dealkylation sites (N-methyl/N-ethyl adjacent to an activating group) is 1. The predicted octanol–water partition coefficient (Wildman–Crippen LogP) is 0.965. The topological polar surface area (TPSA) is 77.9 Å². The molecule has 0 bridgehead atoms. The number of nitrogens with zero attached hydrogens (tertiary/aromatic N) is 2. The highest BCUT2D eigenvalue weighted by Crippen LogP contribution is 2.24. The third-order valence-corrected chi connectivity index (χ3v) is 4.18. The monoisotopic (exact) mass is 304 g/mol. The highest BCUT2D eigenvalue weighted by atomic mass is 16.4. The summed E-state index contributed by atoms with van der Waals surface area (Å²) in [5, 5.41) is 9.19. The van der Waals surface area contributed by atoms with Gasteiger partial charge in [-0.15, -0.1) is 0 Å². The van der Waals surface area contributed by atoms with E-state index in [4.69, 9.17) is 0 Å². The van der Waals surface area contributed by atoms with E-state index in [9.17, 15) is 19.5 Å². The van der Waals surface area contributed by atoms with Gasteiger partial charge < -0.3 is 14.9 Å². The van der Waals surface area contributed by atoms with Crippen LogP contribution in [0.4, 0.5) is 0 Å². The molecule has 3 atom stereocenters. The molecule has 2 amide bonds. The summed E-state index contributed by atoms with van der Waals surface area (Å²) in [6.45, 7) is 3.41. The SMILES string of the molecule is CC(C(=O)O)[C@@H]1C(=O)N(Cc2ccccc2)[C@@H](C)C(=O)N1C. The lowest BCUT2D eigenvalue weighted by atomic mass is 9.94. The predicted molar refractivity (Wildman–Crippen MR) is 79.8 cm³/mol. The third-order valence-electron chi connectivity index (χ3n) is 4.18. The lowest BCUT2D eigenvalue weighted by Gasteiger charge is -2.43. The number of carboxylic acid groups (broad SMARTS) is 1. The van der Waals surface area contributed by atoms with Gasteiger partial charge >= 0.3 is 5.97 Å². The Labute approximate surface area is 129 Å². The Morgan fingerprint density at radius 2 is 1.82 bits per heavy atom. The summed E-state index contributed by atoms with van der Waals surface area (Å²) in [6.07, 6.45) is 0. The normalized spacial score (nSPS) is 23.6. The maximum absolute atomic E-state index is 12.7. The molecule has 0 saturated carbocycles. The number of aliphatic carboxylic acids is 1. The summed E-state index contributed by atoms with van der Waals surface area (Å²) in [5.74, 6) is -2.61. The van der Waals surface area contributed by atoms with Gasteiger partial charge in [0, 0.05) is 13.6 Å². The minimum absolute atomic E-state index is 0.242. The van der Waals surface area contributed by atoms with Gasteiger partial charge in [0.1, 0.15) is 12.1 Å². The molecule has 6 nitrogen and oxygen atoms in total. The molecule has 22 heavy (non-hydrogen) atoms. The number of rotatable bonds is 4. The maximum Gasteiger partial charge on any atom is 0.308 e. The van der Waals surface area contributed by atoms with E-state index in [1.54, 1.807) is 6.92 Å². The lowest BCUT2D eigenvalue weighted by Crippen LogP contribution is -2.64. The van der Waals surface area contributed by atoms with Crippen molar-refractivity contribution in [3.8, 4) is 0 Å². The van der Waals surface area contributed by atoms with E-state index in [0.29, 0.717) is 6.54 Å². The van der Waals surface area contributed by atoms with Crippen LogP contribution in [0.5, 0.6) is 0 Å². The molecule has 1 aliphatic heterocycles. The fraction of sp³-hybridized carbons (Fsp3) is 0.438. The molecule has 6 heteroatoms. The lowest BCUT2D eigenvalue weighted by molar-refractivity contribution is -0.166. The Hall–Kier alpha value is -2.37. The van der Waals surface area contributed by atoms with Crippen LogP contribution in [0.15, 0.2) is 30.3 Å². The number of benzene rings is 1. The minimum Gasteiger partial charge on any atom is -0.481 e. The van der Waals surface area contributed by atoms with E-state index in [1.165, 1.54) is 23.8 Å². The van der Waals surface area contributed by atoms with Gasteiger partial charge in [0.2, 0.25) is 11.8 Å². The van der Waals surface area contributed by atoms with Gasteiger partial charge in [-0.25, -0.2) is 0 Å². The molecule has 0 spiro atoms. The van der Waals surface area contributed by atoms with E-state index in [2.05, 4.69) is 0 Å². The molecule has 0 radical (unpaired) electrons. The second-order valence-corrected chi connectivity index (χ2v) is 5.65. The number of hydrogen-bond acceptors (Lipinski definition) is 3. The summed E-state index contributed by atoms with van der Waals surface area (Å²) >= 11 is 0. The number of piperazine rings is 1. The van der Waals surface area contributed by atoms with Crippen LogP contribution in [0, 0.1) is 5.92 Å². The van der Waals surface area contributed by atoms with Gasteiger partial charge in [0.25, 0.3) is 0 Å². The molecule has 1 aliphatic rings. The first-order chi connectivity index (χ1) is 10.3. The van der Waals surface area contributed by atoms with E-state index in [0.717, 1.165) is 5.56 Å². The highest BCUT2D eigenvalue weighted by Gasteiger charge is 2.46. The Morgan fingerprint density at radius 3 is 2.36 bits per heavy atom. The summed E-state index contributed by atoms with van der Waals surface area (Å²) in [7, 11) is 1.49. The van der Waals surface area contributed by atoms with Crippen LogP contribution in [0.1, 0.15) is 19.4 Å². The fourth-order valence-corrected chi connectivity index (χ4v) is 2.77. The summed E-state index contributed by atoms with van der Waals surface area (Å²) in [5.41, 5.74) is 0.904. The van der Waals surface area contributed by atoms with Crippen LogP contribution in [-0.4, -0.2) is 51.8 Å². The molecule has 1 N–H and O–H groups in total. The zero-order valence-electron chi connectivity index (χ0n) is 12.9. The van der Waals surface area contributed by atoms with Gasteiger partial charge in [-0.3, -0.25) is 14.4 Å². The van der Waals surface area contributed by atoms with E-state index >= 15 is 0 Å². The number of amides is 2. The summed E-state index contributed by atoms with van der Waals surface area (Å²) in [6, 6.07) is 7.77. The van der Waals surface area contributed by atoms with Crippen LogP contribution >= 0.6 is 0 Å². The highest BCUT2D eigenvalue weighted by molar-refractivity contribution is 5.98. The number of hydrogen-bond donors (Lipinski definition) is 1. The minimum atomic E-state index is -1.09. The first-order valence-electron chi connectivity index (χ1n) is 7.18. The molecule has 0 aromatic heterocycles. The van der Waals surface area contributed by atoms with E-state index < -0.39 is 24.0 Å². The quantitative estimate of drug-likeness (QED) is 0.899. The smallest absolute Gasteiger partial charge is 0.308 e. The number of carboxylic acids is 1. The average Bonchev–Trinajstić information content (AvgIpc) is 2.50. The van der Waals surface area contributed by atoms with Crippen molar-refractivity contribution in [2.45, 2.75) is 32.5 Å². The summed E-state index contributed by atoms with van der Waals surface area (Å²) in [4.78, 5) is 39.0. The standard InChI is InChI=1S/C16H20N2O4/c1-10(16(21)22)13-15(20)18(11(2)14(19)17(13)3)9-12-7-5-4-6-8-12/h4-8,10-11,13H,9H2,1-3H3,(H,21,22)/t10?,11-,13+/m0/s1. The van der Waals surface area contributed by atoms with Crippen LogP contribution < -0.4 is 0 Å². The van der Waals surface area contributed by atoms with E-state index in [1.807, 2.05) is 30.3 Å². The van der Waals surface area contributed by atoms with E-state index in [-0.39, 0.29) is 11.8 Å². The molecule has 1 fully saturated rings. The molecule has 1 saturated heterocycles. The zero-order chi connectivity index (χ0) is 16.4. The largest absolute Gasteiger partial charge is 0.481 e. The first-order valence-corrected chi connectivity index (χ1v) is 7.18. The van der Waals surface area contributed by atoms with Crippen molar-refractivity contribution in [2.75, 3.05) is 7.05 Å². The Morgan fingerprint density at radius 1 is 1.23 bits per heavy atom. The molecule has 1 aromatic carbocycles. The van der Waals surface area contributed by atoms with Gasteiger partial charge in [-0.05, 0) is 19.4 Å². The third kappa shape index (κ3) is 2.81. The van der Waals surface area contributed by atoms with Crippen molar-refractivity contribution in [2.24, 2.45) is 5.92 Å².